The smallest absolute Gasteiger partial charge is 0.126 e. The number of aromatic hydroxyl groups is 1. The van der Waals surface area contributed by atoms with Gasteiger partial charge in [-0.2, -0.15) is 0 Å². The van der Waals surface area contributed by atoms with E-state index in [0.29, 0.717) is 5.56 Å². The molecule has 0 saturated carbocycles. The van der Waals surface area contributed by atoms with Crippen LogP contribution in [-0.4, -0.2) is 10.1 Å². The summed E-state index contributed by atoms with van der Waals surface area (Å²) in [6.07, 6.45) is 3.45. The van der Waals surface area contributed by atoms with Crippen molar-refractivity contribution in [2.75, 3.05) is 5.32 Å². The van der Waals surface area contributed by atoms with Crippen molar-refractivity contribution in [3.05, 3.63) is 53.6 Å². The first-order valence-electron chi connectivity index (χ1n) is 5.73. The summed E-state index contributed by atoms with van der Waals surface area (Å²) in [5.41, 5.74) is 2.62. The fourth-order valence-corrected chi connectivity index (χ4v) is 1.81. The second kappa shape index (κ2) is 5.04. The van der Waals surface area contributed by atoms with Gasteiger partial charge < -0.3 is 10.4 Å². The molecule has 2 N–H and O–H groups in total. The first kappa shape index (κ1) is 12.4. The Kier molecular flexibility index (Phi) is 3.46. The Morgan fingerprint density at radius 3 is 2.78 bits per heavy atom. The highest BCUT2D eigenvalue weighted by atomic mass is 19.1. The van der Waals surface area contributed by atoms with Gasteiger partial charge >= 0.3 is 0 Å². The van der Waals surface area contributed by atoms with Crippen LogP contribution in [0.4, 0.5) is 10.1 Å². The number of hydrogen-bond donors (Lipinski definition) is 2. The second-order valence-corrected chi connectivity index (χ2v) is 4.26. The number of nitrogens with one attached hydrogen (secondary N) is 1. The summed E-state index contributed by atoms with van der Waals surface area (Å²) in [7, 11) is 0. The Morgan fingerprint density at radius 1 is 1.33 bits per heavy atom. The van der Waals surface area contributed by atoms with E-state index in [1.54, 1.807) is 18.5 Å². The molecule has 1 atom stereocenters. The van der Waals surface area contributed by atoms with E-state index in [9.17, 15) is 9.50 Å². The maximum atomic E-state index is 12.9. The maximum absolute atomic E-state index is 12.9. The van der Waals surface area contributed by atoms with E-state index in [-0.39, 0.29) is 11.8 Å². The molecule has 0 spiro atoms. The molecule has 1 unspecified atom stereocenters. The van der Waals surface area contributed by atoms with E-state index < -0.39 is 5.82 Å². The number of phenolic OH excluding ortho intramolecular Hbond substituents is 1. The highest BCUT2D eigenvalue weighted by Gasteiger charge is 2.11. The summed E-state index contributed by atoms with van der Waals surface area (Å²) in [5.74, 6) is -0.488. The maximum Gasteiger partial charge on any atom is 0.126 e. The van der Waals surface area contributed by atoms with E-state index >= 15 is 0 Å². The third kappa shape index (κ3) is 2.59. The number of anilines is 1. The molecular weight excluding hydrogens is 231 g/mol. The summed E-state index contributed by atoms with van der Waals surface area (Å²) >= 11 is 0. The zero-order valence-corrected chi connectivity index (χ0v) is 10.3. The SMILES string of the molecule is Cc1ccncc1NC(C)c1ccc(F)cc1O. The van der Waals surface area contributed by atoms with E-state index in [2.05, 4.69) is 10.3 Å². The van der Waals surface area contributed by atoms with Gasteiger partial charge in [-0.3, -0.25) is 4.98 Å². The quantitative estimate of drug-likeness (QED) is 0.872. The van der Waals surface area contributed by atoms with Crippen LogP contribution in [0, 0.1) is 12.7 Å². The highest BCUT2D eigenvalue weighted by Crippen LogP contribution is 2.28. The lowest BCUT2D eigenvalue weighted by atomic mass is 10.1. The number of aromatic nitrogens is 1. The number of halogens is 1. The average molecular weight is 246 g/mol. The number of nitrogens with zero attached hydrogens (tertiary/aromatic N) is 1. The first-order valence-corrected chi connectivity index (χ1v) is 5.73. The van der Waals surface area contributed by atoms with Crippen molar-refractivity contribution in [1.29, 1.82) is 0 Å². The third-order valence-electron chi connectivity index (χ3n) is 2.87. The lowest BCUT2D eigenvalue weighted by molar-refractivity contribution is 0.459. The topological polar surface area (TPSA) is 45.2 Å². The molecule has 0 amide bonds. The molecule has 2 rings (SSSR count). The van der Waals surface area contributed by atoms with Crippen LogP contribution in [0.5, 0.6) is 5.75 Å². The van der Waals surface area contributed by atoms with Crippen LogP contribution in [0.1, 0.15) is 24.1 Å². The number of benzene rings is 1. The van der Waals surface area contributed by atoms with Crippen molar-refractivity contribution in [2.45, 2.75) is 19.9 Å². The Labute approximate surface area is 105 Å². The largest absolute Gasteiger partial charge is 0.507 e. The van der Waals surface area contributed by atoms with Crippen LogP contribution in [-0.2, 0) is 0 Å². The minimum Gasteiger partial charge on any atom is -0.507 e. The molecule has 3 nitrogen and oxygen atoms in total. The summed E-state index contributed by atoms with van der Waals surface area (Å²) < 4.78 is 12.9. The van der Waals surface area contributed by atoms with Crippen LogP contribution >= 0.6 is 0 Å². The standard InChI is InChI=1S/C14H15FN2O/c1-9-5-6-16-8-13(9)17-10(2)12-4-3-11(15)7-14(12)18/h3-8,10,17-18H,1-2H3. The molecule has 0 aliphatic carbocycles. The molecule has 0 aliphatic heterocycles. The predicted octanol–water partition coefficient (Wildman–Crippen LogP) is 3.41. The lowest BCUT2D eigenvalue weighted by Crippen LogP contribution is -2.08. The average Bonchev–Trinajstić information content (AvgIpc) is 2.32. The van der Waals surface area contributed by atoms with Gasteiger partial charge in [0.05, 0.1) is 17.9 Å². The van der Waals surface area contributed by atoms with Gasteiger partial charge in [-0.15, -0.1) is 0 Å². The van der Waals surface area contributed by atoms with Crippen LogP contribution in [0.15, 0.2) is 36.7 Å². The minimum atomic E-state index is -0.444. The molecule has 1 aromatic heterocycles. The van der Waals surface area contributed by atoms with Crippen molar-refractivity contribution < 1.29 is 9.50 Å². The van der Waals surface area contributed by atoms with E-state index in [4.69, 9.17) is 0 Å². The Bertz CT molecular complexity index is 557. The minimum absolute atomic E-state index is 0.0449. The number of hydrogen-bond acceptors (Lipinski definition) is 3. The van der Waals surface area contributed by atoms with Gasteiger partial charge in [-0.25, -0.2) is 4.39 Å². The number of rotatable bonds is 3. The van der Waals surface area contributed by atoms with Crippen molar-refractivity contribution in [3.63, 3.8) is 0 Å². The molecule has 0 aliphatic rings. The number of pyridine rings is 1. The summed E-state index contributed by atoms with van der Waals surface area (Å²) in [6.45, 7) is 3.88. The molecule has 4 heteroatoms. The zero-order valence-electron chi connectivity index (χ0n) is 10.3. The van der Waals surface area contributed by atoms with Crippen LogP contribution in [0.25, 0.3) is 0 Å². The van der Waals surface area contributed by atoms with Crippen molar-refractivity contribution in [1.82, 2.24) is 4.98 Å². The van der Waals surface area contributed by atoms with Gasteiger partial charge in [0.25, 0.3) is 0 Å². The molecule has 0 bridgehead atoms. The molecule has 0 saturated heterocycles. The third-order valence-corrected chi connectivity index (χ3v) is 2.87. The van der Waals surface area contributed by atoms with Gasteiger partial charge in [0.2, 0.25) is 0 Å². The first-order chi connectivity index (χ1) is 8.58. The molecular formula is C14H15FN2O. The van der Waals surface area contributed by atoms with Crippen molar-refractivity contribution in [2.24, 2.45) is 0 Å². The van der Waals surface area contributed by atoms with Crippen LogP contribution < -0.4 is 5.32 Å². The van der Waals surface area contributed by atoms with Gasteiger partial charge in [0, 0.05) is 17.8 Å². The number of phenols is 1. The molecule has 0 radical (unpaired) electrons. The van der Waals surface area contributed by atoms with Crippen molar-refractivity contribution >= 4 is 5.69 Å². The van der Waals surface area contributed by atoms with Crippen LogP contribution in [0.3, 0.4) is 0 Å². The van der Waals surface area contributed by atoms with E-state index in [1.165, 1.54) is 6.07 Å². The number of aryl methyl sites for hydroxylation is 1. The summed E-state index contributed by atoms with van der Waals surface area (Å²) in [6, 6.07) is 5.80. The molecule has 1 aromatic carbocycles. The normalized spacial score (nSPS) is 12.2. The lowest BCUT2D eigenvalue weighted by Gasteiger charge is -2.18. The fourth-order valence-electron chi connectivity index (χ4n) is 1.81. The molecule has 18 heavy (non-hydrogen) atoms. The van der Waals surface area contributed by atoms with Crippen LogP contribution in [0.2, 0.25) is 0 Å². The van der Waals surface area contributed by atoms with Crippen molar-refractivity contribution in [3.8, 4) is 5.75 Å². The van der Waals surface area contributed by atoms with E-state index in [0.717, 1.165) is 17.3 Å². The van der Waals surface area contributed by atoms with Gasteiger partial charge in [0.1, 0.15) is 11.6 Å². The molecule has 2 aromatic rings. The predicted molar refractivity (Wildman–Crippen MR) is 69.1 cm³/mol. The fraction of sp³-hybridized carbons (Fsp3) is 0.214. The van der Waals surface area contributed by atoms with E-state index in [1.807, 2.05) is 19.9 Å². The summed E-state index contributed by atoms with van der Waals surface area (Å²) in [5, 5.41) is 13.0. The Morgan fingerprint density at radius 2 is 2.11 bits per heavy atom. The monoisotopic (exact) mass is 246 g/mol. The second-order valence-electron chi connectivity index (χ2n) is 4.26. The van der Waals surface area contributed by atoms with Gasteiger partial charge in [0.15, 0.2) is 0 Å². The highest BCUT2D eigenvalue weighted by molar-refractivity contribution is 5.51. The Hall–Kier alpha value is -2.10. The van der Waals surface area contributed by atoms with Gasteiger partial charge in [-0.05, 0) is 31.5 Å². The van der Waals surface area contributed by atoms with Gasteiger partial charge in [-0.1, -0.05) is 6.07 Å². The molecule has 0 fully saturated rings. The zero-order chi connectivity index (χ0) is 13.1. The summed E-state index contributed by atoms with van der Waals surface area (Å²) in [4.78, 5) is 4.04. The molecule has 1 heterocycles. The Balaban J connectivity index is 2.22. The molecule has 94 valence electrons.